The van der Waals surface area contributed by atoms with Gasteiger partial charge in [0.05, 0.1) is 5.69 Å². The number of thiophene rings is 1. The zero-order valence-electron chi connectivity index (χ0n) is 5.87. The van der Waals surface area contributed by atoms with Crippen LogP contribution in [-0.4, -0.2) is 6.21 Å². The van der Waals surface area contributed by atoms with Gasteiger partial charge in [-0.3, -0.25) is 4.99 Å². The highest BCUT2D eigenvalue weighted by Crippen LogP contribution is 2.21. The number of allylic oxidation sites excluding steroid dienone is 1. The molecule has 1 heterocycles. The Labute approximate surface area is 64.7 Å². The topological polar surface area (TPSA) is 12.4 Å². The molecule has 0 saturated heterocycles. The van der Waals surface area contributed by atoms with Crippen LogP contribution in [0.2, 0.25) is 0 Å². The Morgan fingerprint density at radius 3 is 2.90 bits per heavy atom. The minimum absolute atomic E-state index is 1.05. The summed E-state index contributed by atoms with van der Waals surface area (Å²) >= 11 is 1.67. The zero-order chi connectivity index (χ0) is 7.40. The lowest BCUT2D eigenvalue weighted by Crippen LogP contribution is -1.63. The van der Waals surface area contributed by atoms with Crippen LogP contribution < -0.4 is 0 Å². The lowest BCUT2D eigenvalue weighted by atomic mass is 10.3. The monoisotopic (exact) mass is 151 g/mol. The Hall–Kier alpha value is -0.890. The van der Waals surface area contributed by atoms with E-state index in [9.17, 15) is 0 Å². The van der Waals surface area contributed by atoms with Crippen molar-refractivity contribution >= 4 is 23.2 Å². The molecule has 1 rings (SSSR count). The molecule has 0 unspecified atom stereocenters. The quantitative estimate of drug-likeness (QED) is 0.576. The van der Waals surface area contributed by atoms with E-state index in [0.29, 0.717) is 0 Å². The van der Waals surface area contributed by atoms with Gasteiger partial charge in [-0.1, -0.05) is 12.7 Å². The van der Waals surface area contributed by atoms with Crippen molar-refractivity contribution in [3.8, 4) is 0 Å². The van der Waals surface area contributed by atoms with E-state index in [1.807, 2.05) is 12.3 Å². The molecule has 0 amide bonds. The first-order chi connectivity index (χ1) is 4.84. The maximum atomic E-state index is 4.15. The zero-order valence-corrected chi connectivity index (χ0v) is 6.69. The largest absolute Gasteiger partial charge is 0.256 e. The van der Waals surface area contributed by atoms with E-state index in [2.05, 4.69) is 17.0 Å². The lowest BCUT2D eigenvalue weighted by molar-refractivity contribution is 1.47. The Balaban J connectivity index is 2.83. The Morgan fingerprint density at radius 2 is 2.40 bits per heavy atom. The number of hydrogen-bond donors (Lipinski definition) is 0. The van der Waals surface area contributed by atoms with Gasteiger partial charge in [0.15, 0.2) is 0 Å². The van der Waals surface area contributed by atoms with Gasteiger partial charge in [-0.2, -0.15) is 0 Å². The third kappa shape index (κ3) is 1.54. The molecule has 0 atom stereocenters. The van der Waals surface area contributed by atoms with Crippen molar-refractivity contribution < 1.29 is 0 Å². The summed E-state index contributed by atoms with van der Waals surface area (Å²) in [5.41, 5.74) is 2.27. The average molecular weight is 151 g/mol. The molecule has 1 aromatic heterocycles. The van der Waals surface area contributed by atoms with Crippen LogP contribution in [0.25, 0.3) is 0 Å². The van der Waals surface area contributed by atoms with Gasteiger partial charge in [0.1, 0.15) is 0 Å². The molecule has 1 nitrogen and oxygen atoms in total. The summed E-state index contributed by atoms with van der Waals surface area (Å²) in [5.74, 6) is 0. The van der Waals surface area contributed by atoms with E-state index in [0.717, 1.165) is 5.69 Å². The van der Waals surface area contributed by atoms with Gasteiger partial charge < -0.3 is 0 Å². The van der Waals surface area contributed by atoms with Gasteiger partial charge in [-0.15, -0.1) is 11.3 Å². The molecule has 0 radical (unpaired) electrons. The van der Waals surface area contributed by atoms with Crippen molar-refractivity contribution in [2.24, 2.45) is 4.99 Å². The number of aryl methyl sites for hydroxylation is 1. The molecular weight excluding hydrogens is 142 g/mol. The number of hydrogen-bond acceptors (Lipinski definition) is 2. The van der Waals surface area contributed by atoms with Crippen molar-refractivity contribution in [1.82, 2.24) is 0 Å². The summed E-state index contributed by atoms with van der Waals surface area (Å²) < 4.78 is 0. The third-order valence-corrected chi connectivity index (χ3v) is 2.00. The van der Waals surface area contributed by atoms with E-state index < -0.39 is 0 Å². The van der Waals surface area contributed by atoms with Crippen LogP contribution >= 0.6 is 11.3 Å². The first-order valence-electron chi connectivity index (χ1n) is 3.02. The molecule has 0 aliphatic rings. The van der Waals surface area contributed by atoms with Crippen LogP contribution in [0.1, 0.15) is 5.56 Å². The fourth-order valence-electron chi connectivity index (χ4n) is 0.619. The molecule has 0 N–H and O–H groups in total. The fraction of sp³-hybridized carbons (Fsp3) is 0.125. The highest BCUT2D eigenvalue weighted by atomic mass is 32.1. The van der Waals surface area contributed by atoms with Crippen LogP contribution in [0.5, 0.6) is 0 Å². The van der Waals surface area contributed by atoms with Crippen LogP contribution in [0.3, 0.4) is 0 Å². The molecular formula is C8H9NS. The average Bonchev–Trinajstić information content (AvgIpc) is 2.31. The van der Waals surface area contributed by atoms with Crippen molar-refractivity contribution in [3.05, 3.63) is 29.0 Å². The van der Waals surface area contributed by atoms with E-state index in [-0.39, 0.29) is 0 Å². The Morgan fingerprint density at radius 1 is 1.60 bits per heavy atom. The van der Waals surface area contributed by atoms with Crippen molar-refractivity contribution in [2.75, 3.05) is 0 Å². The van der Waals surface area contributed by atoms with Gasteiger partial charge in [0.25, 0.3) is 0 Å². The van der Waals surface area contributed by atoms with E-state index >= 15 is 0 Å². The molecule has 0 fully saturated rings. The smallest absolute Gasteiger partial charge is 0.0765 e. The van der Waals surface area contributed by atoms with E-state index in [1.165, 1.54) is 5.56 Å². The van der Waals surface area contributed by atoms with E-state index in [1.54, 1.807) is 23.6 Å². The number of aliphatic imine (C=N–C) groups is 1. The fourth-order valence-corrected chi connectivity index (χ4v) is 1.39. The lowest BCUT2D eigenvalue weighted by Gasteiger charge is -1.85. The molecule has 0 spiro atoms. The Kier molecular flexibility index (Phi) is 2.40. The van der Waals surface area contributed by atoms with Gasteiger partial charge in [-0.25, -0.2) is 0 Å². The van der Waals surface area contributed by atoms with Crippen molar-refractivity contribution in [1.29, 1.82) is 0 Å². The normalized spacial score (nSPS) is 10.5. The second-order valence-electron chi connectivity index (χ2n) is 1.95. The van der Waals surface area contributed by atoms with Crippen molar-refractivity contribution in [3.63, 3.8) is 0 Å². The summed E-state index contributed by atoms with van der Waals surface area (Å²) in [4.78, 5) is 4.15. The summed E-state index contributed by atoms with van der Waals surface area (Å²) in [6.45, 7) is 5.59. The molecule has 1 aromatic rings. The predicted molar refractivity (Wildman–Crippen MR) is 47.4 cm³/mol. The molecule has 0 saturated carbocycles. The standard InChI is InChI=1S/C8H9NS/c1-3-4-9-8-6-10-5-7(8)2/h3-6H,1H2,2H3/b9-4-. The second kappa shape index (κ2) is 3.32. The number of rotatable bonds is 2. The summed E-state index contributed by atoms with van der Waals surface area (Å²) in [6, 6.07) is 0. The Bertz CT molecular complexity index is 248. The maximum Gasteiger partial charge on any atom is 0.0765 e. The molecule has 0 aliphatic heterocycles. The summed E-state index contributed by atoms with van der Waals surface area (Å²) in [5, 5.41) is 4.10. The SMILES string of the molecule is C=C/C=N\c1cscc1C. The minimum atomic E-state index is 1.05. The molecule has 52 valence electrons. The van der Waals surface area contributed by atoms with Crippen LogP contribution in [-0.2, 0) is 0 Å². The third-order valence-electron chi connectivity index (χ3n) is 1.15. The van der Waals surface area contributed by atoms with Crippen LogP contribution in [0.15, 0.2) is 28.4 Å². The van der Waals surface area contributed by atoms with Crippen LogP contribution in [0.4, 0.5) is 5.69 Å². The first-order valence-corrected chi connectivity index (χ1v) is 3.96. The number of nitrogens with zero attached hydrogens (tertiary/aromatic N) is 1. The molecule has 0 bridgehead atoms. The van der Waals surface area contributed by atoms with Crippen molar-refractivity contribution in [2.45, 2.75) is 6.92 Å². The molecule has 0 aliphatic carbocycles. The first kappa shape index (κ1) is 7.22. The summed E-state index contributed by atoms with van der Waals surface area (Å²) in [6.07, 6.45) is 3.38. The van der Waals surface area contributed by atoms with Crippen LogP contribution in [0, 0.1) is 6.92 Å². The van der Waals surface area contributed by atoms with Gasteiger partial charge >= 0.3 is 0 Å². The molecule has 2 heteroatoms. The summed E-state index contributed by atoms with van der Waals surface area (Å²) in [7, 11) is 0. The van der Waals surface area contributed by atoms with Gasteiger partial charge in [0.2, 0.25) is 0 Å². The highest BCUT2D eigenvalue weighted by molar-refractivity contribution is 7.08. The van der Waals surface area contributed by atoms with E-state index in [4.69, 9.17) is 0 Å². The predicted octanol–water partition coefficient (Wildman–Crippen LogP) is 2.94. The van der Waals surface area contributed by atoms with Gasteiger partial charge in [-0.05, 0) is 17.9 Å². The second-order valence-corrected chi connectivity index (χ2v) is 2.70. The van der Waals surface area contributed by atoms with Gasteiger partial charge in [0, 0.05) is 11.6 Å². The molecule has 0 aromatic carbocycles. The molecule has 10 heavy (non-hydrogen) atoms. The highest BCUT2D eigenvalue weighted by Gasteiger charge is 1.92. The maximum absolute atomic E-state index is 4.15. The minimum Gasteiger partial charge on any atom is -0.256 e.